The summed E-state index contributed by atoms with van der Waals surface area (Å²) in [5.74, 6) is 0. The van der Waals surface area contributed by atoms with Crippen molar-refractivity contribution in [3.8, 4) is 0 Å². The zero-order chi connectivity index (χ0) is 6.97. The molecule has 0 spiro atoms. The summed E-state index contributed by atoms with van der Waals surface area (Å²) >= 11 is 0. The Morgan fingerprint density at radius 3 is 2.10 bits per heavy atom. The molecule has 0 saturated heterocycles. The van der Waals surface area contributed by atoms with Gasteiger partial charge < -0.3 is 10.5 Å². The van der Waals surface area contributed by atoms with Crippen molar-refractivity contribution in [3.05, 3.63) is 24.3 Å². The van der Waals surface area contributed by atoms with E-state index in [9.17, 15) is 0 Å². The first-order valence-electron chi connectivity index (χ1n) is 3.48. The molecule has 0 amide bonds. The number of anilines is 2. The molecule has 1 aromatic carbocycles. The fourth-order valence-corrected chi connectivity index (χ4v) is 1.24. The van der Waals surface area contributed by atoms with E-state index in [0.29, 0.717) is 6.98 Å². The van der Waals surface area contributed by atoms with Gasteiger partial charge in [-0.2, -0.15) is 0 Å². The van der Waals surface area contributed by atoms with E-state index >= 15 is 0 Å². The van der Waals surface area contributed by atoms with Gasteiger partial charge in [-0.3, -0.25) is 0 Å². The molecule has 50 valence electrons. The summed E-state index contributed by atoms with van der Waals surface area (Å²) in [4.78, 5) is 0. The van der Waals surface area contributed by atoms with E-state index in [2.05, 4.69) is 29.4 Å². The topological polar surface area (TPSA) is 24.1 Å². The van der Waals surface area contributed by atoms with E-state index in [4.69, 9.17) is 0 Å². The van der Waals surface area contributed by atoms with Crippen LogP contribution in [0.5, 0.6) is 0 Å². The number of rotatable bonds is 0. The summed E-state index contributed by atoms with van der Waals surface area (Å²) in [6.45, 7) is 2.47. The molecule has 0 aromatic heterocycles. The molecule has 0 radical (unpaired) electrons. The van der Waals surface area contributed by atoms with Crippen LogP contribution >= 0.6 is 0 Å². The van der Waals surface area contributed by atoms with Gasteiger partial charge in [0, 0.05) is 11.4 Å². The number of benzene rings is 1. The summed E-state index contributed by atoms with van der Waals surface area (Å²) in [5.41, 5.74) is 2.41. The molecule has 0 atom stereocenters. The number of fused-ring (bicyclic) bond motifs is 1. The molecule has 1 aliphatic rings. The Kier molecular flexibility index (Phi) is 1.10. The van der Waals surface area contributed by atoms with Crippen LogP contribution in [0.25, 0.3) is 0 Å². The quantitative estimate of drug-likeness (QED) is 0.524. The largest absolute Gasteiger partial charge is 0.408 e. The Hall–Kier alpha value is -1.12. The molecule has 0 unspecified atom stereocenters. The molecule has 0 fully saturated rings. The lowest BCUT2D eigenvalue weighted by Gasteiger charge is -1.94. The van der Waals surface area contributed by atoms with Crippen molar-refractivity contribution in [1.82, 2.24) is 0 Å². The molecule has 10 heavy (non-hydrogen) atoms. The summed E-state index contributed by atoms with van der Waals surface area (Å²) in [6.07, 6.45) is 0. The molecule has 3 heteroatoms. The van der Waals surface area contributed by atoms with E-state index in [0.717, 1.165) is 0 Å². The molecule has 1 heterocycles. The maximum absolute atomic E-state index is 3.29. The molecular weight excluding hydrogens is 123 g/mol. The lowest BCUT2D eigenvalue weighted by Crippen LogP contribution is -2.22. The SMILES string of the molecule is CB1Nc2ccccc2N1. The van der Waals surface area contributed by atoms with Crippen LogP contribution in [-0.2, 0) is 0 Å². The Morgan fingerprint density at radius 1 is 1.10 bits per heavy atom. The third kappa shape index (κ3) is 0.745. The number of nitrogens with one attached hydrogen (secondary N) is 2. The van der Waals surface area contributed by atoms with Crippen molar-refractivity contribution < 1.29 is 0 Å². The van der Waals surface area contributed by atoms with Crippen LogP contribution in [0.3, 0.4) is 0 Å². The monoisotopic (exact) mass is 132 g/mol. The molecule has 0 aliphatic carbocycles. The molecule has 2 N–H and O–H groups in total. The summed E-state index contributed by atoms with van der Waals surface area (Å²) < 4.78 is 0. The maximum atomic E-state index is 3.29. The van der Waals surface area contributed by atoms with Crippen LogP contribution in [0.2, 0.25) is 6.82 Å². The fraction of sp³-hybridized carbons (Fsp3) is 0.143. The van der Waals surface area contributed by atoms with Gasteiger partial charge in [-0.25, -0.2) is 0 Å². The van der Waals surface area contributed by atoms with Crippen LogP contribution in [0.1, 0.15) is 0 Å². The van der Waals surface area contributed by atoms with Gasteiger partial charge in [0.15, 0.2) is 0 Å². The highest BCUT2D eigenvalue weighted by Crippen LogP contribution is 2.25. The second kappa shape index (κ2) is 1.94. The Bertz CT molecular complexity index is 224. The minimum Gasteiger partial charge on any atom is -0.408 e. The fourth-order valence-electron chi connectivity index (χ4n) is 1.24. The zero-order valence-corrected chi connectivity index (χ0v) is 5.89. The number of hydrogen-bond donors (Lipinski definition) is 2. The smallest absolute Gasteiger partial charge is 0.366 e. The first-order valence-corrected chi connectivity index (χ1v) is 3.48. The van der Waals surface area contributed by atoms with Gasteiger partial charge in [-0.05, 0) is 19.0 Å². The molecule has 0 saturated carbocycles. The van der Waals surface area contributed by atoms with E-state index < -0.39 is 0 Å². The molecule has 2 nitrogen and oxygen atoms in total. The summed E-state index contributed by atoms with van der Waals surface area (Å²) in [5, 5.41) is 6.57. The van der Waals surface area contributed by atoms with Crippen LogP contribution < -0.4 is 10.5 Å². The van der Waals surface area contributed by atoms with Crippen LogP contribution in [0.15, 0.2) is 24.3 Å². The van der Waals surface area contributed by atoms with E-state index in [1.807, 2.05) is 12.1 Å². The zero-order valence-electron chi connectivity index (χ0n) is 5.89. The van der Waals surface area contributed by atoms with Gasteiger partial charge >= 0.3 is 6.98 Å². The lowest BCUT2D eigenvalue weighted by molar-refractivity contribution is 1.70. The minimum absolute atomic E-state index is 0.373. The third-order valence-corrected chi connectivity index (χ3v) is 1.67. The van der Waals surface area contributed by atoms with Crippen molar-refractivity contribution in [2.75, 3.05) is 10.5 Å². The molecular formula is C7H9BN2. The number of hydrogen-bond acceptors (Lipinski definition) is 2. The molecule has 1 aromatic rings. The first kappa shape index (κ1) is 5.65. The highest BCUT2D eigenvalue weighted by atomic mass is 15.0. The van der Waals surface area contributed by atoms with Gasteiger partial charge in [0.25, 0.3) is 0 Å². The summed E-state index contributed by atoms with van der Waals surface area (Å²) in [7, 11) is 0. The van der Waals surface area contributed by atoms with Crippen molar-refractivity contribution in [2.24, 2.45) is 0 Å². The molecule has 2 rings (SSSR count). The molecule has 0 bridgehead atoms. The average molecular weight is 132 g/mol. The van der Waals surface area contributed by atoms with E-state index in [1.54, 1.807) is 0 Å². The van der Waals surface area contributed by atoms with Crippen molar-refractivity contribution >= 4 is 18.4 Å². The predicted octanol–water partition coefficient (Wildman–Crippen LogP) is 1.64. The van der Waals surface area contributed by atoms with Crippen LogP contribution in [0, 0.1) is 0 Å². The van der Waals surface area contributed by atoms with Gasteiger partial charge in [-0.1, -0.05) is 12.1 Å². The van der Waals surface area contributed by atoms with Crippen LogP contribution in [-0.4, -0.2) is 6.98 Å². The van der Waals surface area contributed by atoms with Gasteiger partial charge in [0.2, 0.25) is 0 Å². The lowest BCUT2D eigenvalue weighted by atomic mass is 9.83. The normalized spacial score (nSPS) is 13.9. The maximum Gasteiger partial charge on any atom is 0.366 e. The summed E-state index contributed by atoms with van der Waals surface area (Å²) in [6, 6.07) is 8.22. The number of para-hydroxylation sites is 2. The van der Waals surface area contributed by atoms with Gasteiger partial charge in [0.05, 0.1) is 0 Å². The first-order chi connectivity index (χ1) is 4.86. The van der Waals surface area contributed by atoms with Gasteiger partial charge in [-0.15, -0.1) is 0 Å². The second-order valence-corrected chi connectivity index (χ2v) is 2.56. The Morgan fingerprint density at radius 2 is 1.60 bits per heavy atom. The average Bonchev–Trinajstić information content (AvgIpc) is 2.27. The minimum atomic E-state index is 0.373. The molecule has 1 aliphatic heterocycles. The predicted molar refractivity (Wildman–Crippen MR) is 45.3 cm³/mol. The Balaban J connectivity index is 2.42. The van der Waals surface area contributed by atoms with Crippen LogP contribution in [0.4, 0.5) is 11.4 Å². The van der Waals surface area contributed by atoms with Gasteiger partial charge in [0.1, 0.15) is 0 Å². The van der Waals surface area contributed by atoms with Crippen molar-refractivity contribution in [3.63, 3.8) is 0 Å². The van der Waals surface area contributed by atoms with Crippen molar-refractivity contribution in [2.45, 2.75) is 6.82 Å². The van der Waals surface area contributed by atoms with Crippen molar-refractivity contribution in [1.29, 1.82) is 0 Å². The standard InChI is InChI=1S/C7H9BN2/c1-8-9-6-4-2-3-5-7(6)10-8/h2-5,9-10H,1H3. The Labute approximate surface area is 60.8 Å². The van der Waals surface area contributed by atoms with E-state index in [1.165, 1.54) is 11.4 Å². The third-order valence-electron chi connectivity index (χ3n) is 1.67. The second-order valence-electron chi connectivity index (χ2n) is 2.56. The highest BCUT2D eigenvalue weighted by molar-refractivity contribution is 6.67. The highest BCUT2D eigenvalue weighted by Gasteiger charge is 2.17. The van der Waals surface area contributed by atoms with E-state index in [-0.39, 0.29) is 0 Å².